The predicted molar refractivity (Wildman–Crippen MR) is 127 cm³/mol. The van der Waals surface area contributed by atoms with Crippen molar-refractivity contribution in [1.82, 2.24) is 15.1 Å². The molecule has 1 aromatic carbocycles. The largest absolute Gasteiger partial charge is 0.497 e. The highest BCUT2D eigenvalue weighted by atomic mass is 127. The fourth-order valence-corrected chi connectivity index (χ4v) is 5.48. The first-order chi connectivity index (χ1) is 12.6. The SMILES string of the molecule is CN=C(NCC1(N(C)C)CCSC1)N1CCC(c2ccc(OC)cc2)C1.I. The molecule has 0 aromatic heterocycles. The summed E-state index contributed by atoms with van der Waals surface area (Å²) in [5.41, 5.74) is 1.64. The Morgan fingerprint density at radius 2 is 2.11 bits per heavy atom. The highest BCUT2D eigenvalue weighted by molar-refractivity contribution is 14.0. The molecule has 0 amide bonds. The van der Waals surface area contributed by atoms with E-state index in [2.05, 4.69) is 70.2 Å². The van der Waals surface area contributed by atoms with Gasteiger partial charge in [0.15, 0.2) is 5.96 Å². The van der Waals surface area contributed by atoms with E-state index in [1.165, 1.54) is 29.9 Å². The van der Waals surface area contributed by atoms with Crippen molar-refractivity contribution in [2.24, 2.45) is 4.99 Å². The van der Waals surface area contributed by atoms with E-state index < -0.39 is 0 Å². The minimum Gasteiger partial charge on any atom is -0.497 e. The monoisotopic (exact) mass is 504 g/mol. The Morgan fingerprint density at radius 3 is 2.67 bits per heavy atom. The van der Waals surface area contributed by atoms with Crippen LogP contribution in [0.2, 0.25) is 0 Å². The van der Waals surface area contributed by atoms with Crippen molar-refractivity contribution in [3.05, 3.63) is 29.8 Å². The lowest BCUT2D eigenvalue weighted by Gasteiger charge is -2.37. The first-order valence-electron chi connectivity index (χ1n) is 9.43. The van der Waals surface area contributed by atoms with E-state index >= 15 is 0 Å². The zero-order valence-electron chi connectivity index (χ0n) is 16.9. The van der Waals surface area contributed by atoms with E-state index in [0.29, 0.717) is 5.92 Å². The lowest BCUT2D eigenvalue weighted by atomic mass is 9.97. The Bertz CT molecular complexity index is 617. The van der Waals surface area contributed by atoms with Gasteiger partial charge < -0.3 is 19.9 Å². The van der Waals surface area contributed by atoms with Gasteiger partial charge in [-0.05, 0) is 50.4 Å². The second-order valence-corrected chi connectivity index (χ2v) is 8.63. The van der Waals surface area contributed by atoms with Crippen molar-refractivity contribution in [3.8, 4) is 5.75 Å². The molecule has 0 radical (unpaired) electrons. The molecule has 2 fully saturated rings. The minimum absolute atomic E-state index is 0. The van der Waals surface area contributed by atoms with E-state index in [4.69, 9.17) is 4.74 Å². The van der Waals surface area contributed by atoms with Crippen molar-refractivity contribution in [2.45, 2.75) is 24.3 Å². The summed E-state index contributed by atoms with van der Waals surface area (Å²) in [6, 6.07) is 8.51. The van der Waals surface area contributed by atoms with Gasteiger partial charge in [-0.2, -0.15) is 11.8 Å². The van der Waals surface area contributed by atoms with Crippen LogP contribution in [-0.2, 0) is 0 Å². The second kappa shape index (κ2) is 10.2. The molecule has 0 aliphatic carbocycles. The van der Waals surface area contributed by atoms with E-state index in [9.17, 15) is 0 Å². The van der Waals surface area contributed by atoms with Crippen molar-refractivity contribution < 1.29 is 4.74 Å². The maximum absolute atomic E-state index is 5.27. The number of halogens is 1. The maximum atomic E-state index is 5.27. The third kappa shape index (κ3) is 5.23. The van der Waals surface area contributed by atoms with Crippen molar-refractivity contribution in [2.75, 3.05) is 59.4 Å². The van der Waals surface area contributed by atoms with Crippen LogP contribution in [0, 0.1) is 0 Å². The number of thioether (sulfide) groups is 1. The highest BCUT2D eigenvalue weighted by Gasteiger charge is 2.37. The van der Waals surface area contributed by atoms with Crippen LogP contribution in [0.1, 0.15) is 24.3 Å². The summed E-state index contributed by atoms with van der Waals surface area (Å²) >= 11 is 2.06. The second-order valence-electron chi connectivity index (χ2n) is 7.53. The van der Waals surface area contributed by atoms with Crippen LogP contribution in [-0.4, -0.2) is 80.7 Å². The molecule has 2 aliphatic heterocycles. The van der Waals surface area contributed by atoms with Crippen LogP contribution in [0.4, 0.5) is 0 Å². The summed E-state index contributed by atoms with van der Waals surface area (Å²) < 4.78 is 5.27. The zero-order valence-corrected chi connectivity index (χ0v) is 20.0. The molecule has 2 saturated heterocycles. The lowest BCUT2D eigenvalue weighted by Crippen LogP contribution is -2.55. The molecule has 0 spiro atoms. The summed E-state index contributed by atoms with van der Waals surface area (Å²) in [4.78, 5) is 9.35. The van der Waals surface area contributed by atoms with Crippen LogP contribution in [0.5, 0.6) is 5.75 Å². The van der Waals surface area contributed by atoms with E-state index in [1.807, 2.05) is 7.05 Å². The minimum atomic E-state index is 0. The van der Waals surface area contributed by atoms with Gasteiger partial charge in [0, 0.05) is 43.9 Å². The number of ether oxygens (including phenoxy) is 1. The predicted octanol–water partition coefficient (Wildman–Crippen LogP) is 3.12. The Hall–Kier alpha value is -0.670. The molecule has 5 nitrogen and oxygen atoms in total. The van der Waals surface area contributed by atoms with Crippen LogP contribution in [0.3, 0.4) is 0 Å². The van der Waals surface area contributed by atoms with Crippen LogP contribution in [0.15, 0.2) is 29.3 Å². The summed E-state index contributed by atoms with van der Waals surface area (Å²) in [7, 11) is 8.01. The highest BCUT2D eigenvalue weighted by Crippen LogP contribution is 2.32. The van der Waals surface area contributed by atoms with Crippen LogP contribution in [0.25, 0.3) is 0 Å². The summed E-state index contributed by atoms with van der Waals surface area (Å²) in [6.07, 6.45) is 2.41. The summed E-state index contributed by atoms with van der Waals surface area (Å²) in [5, 5.41) is 3.67. The normalized spacial score (nSPS) is 25.6. The topological polar surface area (TPSA) is 40.1 Å². The van der Waals surface area contributed by atoms with Crippen LogP contribution >= 0.6 is 35.7 Å². The average Bonchev–Trinajstić information content (AvgIpc) is 3.33. The maximum Gasteiger partial charge on any atom is 0.193 e. The molecule has 2 atom stereocenters. The molecule has 2 heterocycles. The number of hydrogen-bond acceptors (Lipinski definition) is 4. The third-order valence-corrected chi connectivity index (χ3v) is 7.13. The lowest BCUT2D eigenvalue weighted by molar-refractivity contribution is 0.181. The molecule has 2 aliphatic rings. The number of likely N-dealkylation sites (tertiary alicyclic amines) is 1. The Kier molecular flexibility index (Phi) is 8.55. The molecule has 0 bridgehead atoms. The first-order valence-corrected chi connectivity index (χ1v) is 10.6. The molecule has 2 unspecified atom stereocenters. The number of hydrogen-bond donors (Lipinski definition) is 1. The molecule has 152 valence electrons. The van der Waals surface area contributed by atoms with Gasteiger partial charge in [-0.1, -0.05) is 12.1 Å². The number of guanidine groups is 1. The van der Waals surface area contributed by atoms with Gasteiger partial charge in [0.1, 0.15) is 5.75 Å². The van der Waals surface area contributed by atoms with E-state index in [0.717, 1.165) is 31.3 Å². The zero-order chi connectivity index (χ0) is 18.6. The van der Waals surface area contributed by atoms with Crippen molar-refractivity contribution in [1.29, 1.82) is 0 Å². The standard InChI is InChI=1S/C20H32N4OS.HI/c1-21-19(22-14-20(23(2)3)10-12-26-15-20)24-11-9-17(13-24)16-5-7-18(25-4)8-6-16;/h5-8,17H,9-15H2,1-4H3,(H,21,22);1H. The smallest absolute Gasteiger partial charge is 0.193 e. The first kappa shape index (κ1) is 22.6. The molecular weight excluding hydrogens is 471 g/mol. The van der Waals surface area contributed by atoms with Gasteiger partial charge in [-0.25, -0.2) is 0 Å². The molecular formula is C20H33IN4OS. The number of aliphatic imine (C=N–C) groups is 1. The van der Waals surface area contributed by atoms with Gasteiger partial charge in [-0.15, -0.1) is 24.0 Å². The number of likely N-dealkylation sites (N-methyl/N-ethyl adjacent to an activating group) is 1. The van der Waals surface area contributed by atoms with Gasteiger partial charge >= 0.3 is 0 Å². The number of nitrogens with zero attached hydrogens (tertiary/aromatic N) is 3. The summed E-state index contributed by atoms with van der Waals surface area (Å²) in [5.74, 6) is 4.97. The fraction of sp³-hybridized carbons (Fsp3) is 0.650. The fourth-order valence-electron chi connectivity index (χ4n) is 3.92. The third-order valence-electron chi connectivity index (χ3n) is 5.89. The molecule has 1 N–H and O–H groups in total. The van der Waals surface area contributed by atoms with Gasteiger partial charge in [0.2, 0.25) is 0 Å². The number of methoxy groups -OCH3 is 1. The Labute approximate surface area is 185 Å². The van der Waals surface area contributed by atoms with E-state index in [-0.39, 0.29) is 29.5 Å². The molecule has 1 aromatic rings. The average molecular weight is 504 g/mol. The van der Waals surface area contributed by atoms with Crippen LogP contribution < -0.4 is 10.1 Å². The number of rotatable bonds is 5. The Morgan fingerprint density at radius 1 is 1.37 bits per heavy atom. The van der Waals surface area contributed by atoms with Crippen molar-refractivity contribution >= 4 is 41.7 Å². The molecule has 3 rings (SSSR count). The van der Waals surface area contributed by atoms with Gasteiger partial charge in [0.25, 0.3) is 0 Å². The van der Waals surface area contributed by atoms with Gasteiger partial charge in [0.05, 0.1) is 7.11 Å². The molecule has 7 heteroatoms. The summed E-state index contributed by atoms with van der Waals surface area (Å²) in [6.45, 7) is 3.04. The van der Waals surface area contributed by atoms with Gasteiger partial charge in [-0.3, -0.25) is 4.99 Å². The Balaban J connectivity index is 0.00000261. The quantitative estimate of drug-likeness (QED) is 0.379. The number of nitrogens with one attached hydrogen (secondary N) is 1. The molecule has 0 saturated carbocycles. The number of benzene rings is 1. The van der Waals surface area contributed by atoms with E-state index in [1.54, 1.807) is 7.11 Å². The van der Waals surface area contributed by atoms with Crippen molar-refractivity contribution in [3.63, 3.8) is 0 Å². The molecule has 27 heavy (non-hydrogen) atoms.